The number of aromatic amines is 1. The summed E-state index contributed by atoms with van der Waals surface area (Å²) in [4.78, 5) is 29.3. The van der Waals surface area contributed by atoms with Crippen LogP contribution in [-0.2, 0) is 6.54 Å². The van der Waals surface area contributed by atoms with E-state index in [0.29, 0.717) is 6.54 Å². The van der Waals surface area contributed by atoms with E-state index >= 15 is 0 Å². The molecule has 1 fully saturated rings. The summed E-state index contributed by atoms with van der Waals surface area (Å²) in [6, 6.07) is 5.42. The van der Waals surface area contributed by atoms with E-state index in [-0.39, 0.29) is 22.9 Å². The van der Waals surface area contributed by atoms with Gasteiger partial charge in [0, 0.05) is 24.0 Å². The molecule has 0 bridgehead atoms. The first-order chi connectivity index (χ1) is 10.0. The maximum Gasteiger partial charge on any atom is 0.259 e. The van der Waals surface area contributed by atoms with Crippen molar-refractivity contribution in [3.05, 3.63) is 57.4 Å². The van der Waals surface area contributed by atoms with Crippen LogP contribution in [0.3, 0.4) is 0 Å². The lowest BCUT2D eigenvalue weighted by molar-refractivity contribution is 0.0715. The second kappa shape index (κ2) is 5.24. The highest BCUT2D eigenvalue weighted by molar-refractivity contribution is 5.94. The number of furan rings is 1. The number of hydrogen-bond acceptors (Lipinski definition) is 3. The number of H-pyrrole nitrogens is 1. The number of nitrogens with one attached hydrogen (secondary N) is 1. The van der Waals surface area contributed by atoms with Crippen molar-refractivity contribution in [1.82, 2.24) is 9.88 Å². The monoisotopic (exact) mass is 286 g/mol. The number of carbonyl (C=O) groups excluding carboxylic acids is 1. The topological polar surface area (TPSA) is 66.3 Å². The molecule has 0 unspecified atom stereocenters. The van der Waals surface area contributed by atoms with Crippen molar-refractivity contribution < 1.29 is 9.21 Å². The summed E-state index contributed by atoms with van der Waals surface area (Å²) >= 11 is 0. The SMILES string of the molecule is Cc1cc(=O)c(C(=O)N(Cc2ccc(C)o2)C2CC2)c[nH]1. The minimum atomic E-state index is -0.238. The van der Waals surface area contributed by atoms with Gasteiger partial charge in [0.05, 0.1) is 6.54 Å². The van der Waals surface area contributed by atoms with Crippen molar-refractivity contribution in [2.24, 2.45) is 0 Å². The number of aromatic nitrogens is 1. The summed E-state index contributed by atoms with van der Waals surface area (Å²) in [5.74, 6) is 1.34. The van der Waals surface area contributed by atoms with E-state index in [1.807, 2.05) is 19.1 Å². The standard InChI is InChI=1S/C16H18N2O3/c1-10-7-15(19)14(8-17-10)16(20)18(12-4-5-12)9-13-6-3-11(2)21-13/h3,6-8,12H,4-5,9H2,1-2H3,(H,17,19). The molecule has 0 spiro atoms. The molecule has 110 valence electrons. The highest BCUT2D eigenvalue weighted by atomic mass is 16.3. The molecule has 1 aliphatic rings. The molecule has 1 aliphatic carbocycles. The van der Waals surface area contributed by atoms with Gasteiger partial charge in [0.25, 0.3) is 5.91 Å². The Morgan fingerprint density at radius 2 is 2.14 bits per heavy atom. The predicted molar refractivity (Wildman–Crippen MR) is 78.1 cm³/mol. The second-order valence-corrected chi connectivity index (χ2v) is 5.57. The van der Waals surface area contributed by atoms with Gasteiger partial charge in [-0.25, -0.2) is 0 Å². The molecule has 0 radical (unpaired) electrons. The Morgan fingerprint density at radius 3 is 2.71 bits per heavy atom. The van der Waals surface area contributed by atoms with Crippen LogP contribution in [0.5, 0.6) is 0 Å². The Balaban J connectivity index is 1.86. The van der Waals surface area contributed by atoms with E-state index in [1.165, 1.54) is 12.3 Å². The highest BCUT2D eigenvalue weighted by Crippen LogP contribution is 2.29. The van der Waals surface area contributed by atoms with Gasteiger partial charge in [0.1, 0.15) is 17.1 Å². The van der Waals surface area contributed by atoms with Gasteiger partial charge in [0.2, 0.25) is 0 Å². The zero-order valence-corrected chi connectivity index (χ0v) is 12.2. The molecule has 2 heterocycles. The van der Waals surface area contributed by atoms with E-state index in [1.54, 1.807) is 11.8 Å². The first kappa shape index (κ1) is 13.7. The molecule has 0 atom stereocenters. The molecule has 1 amide bonds. The molecule has 5 heteroatoms. The molecule has 1 saturated carbocycles. The van der Waals surface area contributed by atoms with Crippen LogP contribution >= 0.6 is 0 Å². The quantitative estimate of drug-likeness (QED) is 0.938. The molecule has 0 saturated heterocycles. The van der Waals surface area contributed by atoms with Crippen molar-refractivity contribution in [2.75, 3.05) is 0 Å². The fourth-order valence-corrected chi connectivity index (χ4v) is 2.39. The zero-order valence-electron chi connectivity index (χ0n) is 12.2. The van der Waals surface area contributed by atoms with Crippen molar-refractivity contribution in [1.29, 1.82) is 0 Å². The lowest BCUT2D eigenvalue weighted by Gasteiger charge is -2.21. The minimum Gasteiger partial charge on any atom is -0.464 e. The van der Waals surface area contributed by atoms with Gasteiger partial charge in [-0.05, 0) is 38.8 Å². The van der Waals surface area contributed by atoms with E-state index in [4.69, 9.17) is 4.42 Å². The summed E-state index contributed by atoms with van der Waals surface area (Å²) in [5, 5.41) is 0. The third-order valence-corrected chi connectivity index (χ3v) is 3.66. The number of carbonyl (C=O) groups is 1. The number of hydrogen-bond donors (Lipinski definition) is 1. The Labute approximate surface area is 122 Å². The molecular weight excluding hydrogens is 268 g/mol. The van der Waals surface area contributed by atoms with Crippen molar-refractivity contribution in [3.8, 4) is 0 Å². The molecule has 3 rings (SSSR count). The predicted octanol–water partition coefficient (Wildman–Crippen LogP) is 2.39. The average molecular weight is 286 g/mol. The Hall–Kier alpha value is -2.30. The molecule has 2 aromatic rings. The fraction of sp³-hybridized carbons (Fsp3) is 0.375. The number of nitrogens with zero attached hydrogens (tertiary/aromatic N) is 1. The summed E-state index contributed by atoms with van der Waals surface area (Å²) in [6.45, 7) is 4.07. The molecule has 5 nitrogen and oxygen atoms in total. The fourth-order valence-electron chi connectivity index (χ4n) is 2.39. The van der Waals surface area contributed by atoms with Crippen LogP contribution in [0.1, 0.15) is 40.4 Å². The van der Waals surface area contributed by atoms with Crippen molar-refractivity contribution in [3.63, 3.8) is 0 Å². The smallest absolute Gasteiger partial charge is 0.259 e. The lowest BCUT2D eigenvalue weighted by Crippen LogP contribution is -2.35. The second-order valence-electron chi connectivity index (χ2n) is 5.57. The number of amides is 1. The summed E-state index contributed by atoms with van der Waals surface area (Å²) < 4.78 is 5.55. The molecule has 2 aromatic heterocycles. The molecule has 1 N–H and O–H groups in total. The van der Waals surface area contributed by atoms with Gasteiger partial charge < -0.3 is 14.3 Å². The Bertz CT molecular complexity index is 725. The average Bonchev–Trinajstić information content (AvgIpc) is 3.19. The van der Waals surface area contributed by atoms with Crippen LogP contribution in [-0.4, -0.2) is 21.8 Å². The van der Waals surface area contributed by atoms with Gasteiger partial charge in [-0.1, -0.05) is 0 Å². The third-order valence-electron chi connectivity index (χ3n) is 3.66. The van der Waals surface area contributed by atoms with Crippen LogP contribution in [0.25, 0.3) is 0 Å². The van der Waals surface area contributed by atoms with Gasteiger partial charge in [0.15, 0.2) is 5.43 Å². The first-order valence-corrected chi connectivity index (χ1v) is 7.10. The molecule has 21 heavy (non-hydrogen) atoms. The van der Waals surface area contributed by atoms with E-state index < -0.39 is 0 Å². The zero-order chi connectivity index (χ0) is 15.0. The first-order valence-electron chi connectivity index (χ1n) is 7.10. The highest BCUT2D eigenvalue weighted by Gasteiger charge is 2.34. The van der Waals surface area contributed by atoms with Crippen LogP contribution in [0.4, 0.5) is 0 Å². The van der Waals surface area contributed by atoms with E-state index in [0.717, 1.165) is 30.1 Å². The van der Waals surface area contributed by atoms with Crippen LogP contribution < -0.4 is 5.43 Å². The van der Waals surface area contributed by atoms with Crippen LogP contribution in [0, 0.1) is 13.8 Å². The number of aryl methyl sites for hydroxylation is 2. The summed E-state index contributed by atoms with van der Waals surface area (Å²) in [6.07, 6.45) is 3.47. The van der Waals surface area contributed by atoms with Crippen molar-refractivity contribution >= 4 is 5.91 Å². The Morgan fingerprint density at radius 1 is 1.38 bits per heavy atom. The van der Waals surface area contributed by atoms with E-state index in [9.17, 15) is 9.59 Å². The summed E-state index contributed by atoms with van der Waals surface area (Å²) in [7, 11) is 0. The van der Waals surface area contributed by atoms with Gasteiger partial charge in [-0.2, -0.15) is 0 Å². The number of pyridine rings is 1. The molecule has 0 aromatic carbocycles. The maximum atomic E-state index is 12.6. The molecular formula is C16H18N2O3. The maximum absolute atomic E-state index is 12.6. The normalized spacial score (nSPS) is 14.2. The number of rotatable bonds is 4. The van der Waals surface area contributed by atoms with Gasteiger partial charge >= 0.3 is 0 Å². The van der Waals surface area contributed by atoms with Crippen molar-refractivity contribution in [2.45, 2.75) is 39.3 Å². The molecule has 0 aliphatic heterocycles. The van der Waals surface area contributed by atoms with Gasteiger partial charge in [-0.3, -0.25) is 9.59 Å². The largest absolute Gasteiger partial charge is 0.464 e. The lowest BCUT2D eigenvalue weighted by atomic mass is 10.2. The van der Waals surface area contributed by atoms with E-state index in [2.05, 4.69) is 4.98 Å². The third kappa shape index (κ3) is 2.91. The van der Waals surface area contributed by atoms with Crippen LogP contribution in [0.2, 0.25) is 0 Å². The van der Waals surface area contributed by atoms with Gasteiger partial charge in [-0.15, -0.1) is 0 Å². The Kier molecular flexibility index (Phi) is 3.41. The summed E-state index contributed by atoms with van der Waals surface area (Å²) in [5.41, 5.74) is 0.699. The van der Waals surface area contributed by atoms with Crippen LogP contribution in [0.15, 0.2) is 33.6 Å². The minimum absolute atomic E-state index is 0.191.